The predicted octanol–water partition coefficient (Wildman–Crippen LogP) is 2.12. The largest absolute Gasteiger partial charge is 0.342 e. The van der Waals surface area contributed by atoms with Gasteiger partial charge in [-0.05, 0) is 43.7 Å². The van der Waals surface area contributed by atoms with E-state index in [0.29, 0.717) is 13.1 Å². The first kappa shape index (κ1) is 20.8. The van der Waals surface area contributed by atoms with Crippen LogP contribution in [-0.2, 0) is 9.59 Å². The average Bonchev–Trinajstić information content (AvgIpc) is 2.67. The van der Waals surface area contributed by atoms with Crippen molar-refractivity contribution in [3.63, 3.8) is 0 Å². The summed E-state index contributed by atoms with van der Waals surface area (Å²) in [5, 5.41) is 3.06. The number of piperidine rings is 1. The lowest BCUT2D eigenvalue weighted by molar-refractivity contribution is -0.134. The lowest BCUT2D eigenvalue weighted by Gasteiger charge is -2.36. The fourth-order valence-corrected chi connectivity index (χ4v) is 4.05. The number of carbonyl (C=O) groups is 2. The Labute approximate surface area is 168 Å². The second-order valence-electron chi connectivity index (χ2n) is 8.43. The van der Waals surface area contributed by atoms with Gasteiger partial charge in [0.05, 0.1) is 13.1 Å². The molecule has 1 aromatic carbocycles. The van der Waals surface area contributed by atoms with Crippen LogP contribution >= 0.6 is 0 Å². The number of benzene rings is 1. The number of nitrogens with zero attached hydrogens (tertiary/aromatic N) is 3. The Morgan fingerprint density at radius 1 is 0.929 bits per heavy atom. The summed E-state index contributed by atoms with van der Waals surface area (Å²) in [7, 11) is 0. The normalized spacial score (nSPS) is 19.6. The van der Waals surface area contributed by atoms with Crippen molar-refractivity contribution in [3.05, 3.63) is 29.3 Å². The van der Waals surface area contributed by atoms with Crippen LogP contribution in [0.3, 0.4) is 0 Å². The van der Waals surface area contributed by atoms with Gasteiger partial charge in [-0.2, -0.15) is 0 Å². The zero-order valence-corrected chi connectivity index (χ0v) is 17.5. The van der Waals surface area contributed by atoms with E-state index in [2.05, 4.69) is 22.0 Å². The molecule has 2 aliphatic heterocycles. The number of rotatable bonds is 5. The first-order valence-corrected chi connectivity index (χ1v) is 10.5. The maximum absolute atomic E-state index is 12.5. The van der Waals surface area contributed by atoms with E-state index < -0.39 is 0 Å². The molecule has 0 radical (unpaired) electrons. The molecule has 0 aliphatic carbocycles. The molecule has 1 aromatic rings. The van der Waals surface area contributed by atoms with Crippen molar-refractivity contribution in [2.75, 3.05) is 57.7 Å². The Kier molecular flexibility index (Phi) is 7.08. The highest BCUT2D eigenvalue weighted by Gasteiger charge is 2.25. The average molecular weight is 387 g/mol. The molecule has 6 heteroatoms. The van der Waals surface area contributed by atoms with Crippen LogP contribution in [0.1, 0.15) is 30.9 Å². The van der Waals surface area contributed by atoms with Gasteiger partial charge >= 0.3 is 0 Å². The van der Waals surface area contributed by atoms with Crippen molar-refractivity contribution in [2.45, 2.75) is 33.6 Å². The molecule has 2 saturated heterocycles. The molecule has 6 nitrogen and oxygen atoms in total. The molecule has 0 aromatic heterocycles. The molecule has 0 spiro atoms. The molecular weight excluding hydrogens is 352 g/mol. The van der Waals surface area contributed by atoms with Gasteiger partial charge in [0.2, 0.25) is 11.8 Å². The van der Waals surface area contributed by atoms with Gasteiger partial charge in [0.15, 0.2) is 0 Å². The third kappa shape index (κ3) is 5.55. The van der Waals surface area contributed by atoms with Crippen molar-refractivity contribution in [3.8, 4) is 0 Å². The van der Waals surface area contributed by atoms with Gasteiger partial charge in [-0.1, -0.05) is 25.1 Å². The van der Waals surface area contributed by atoms with Crippen LogP contribution in [0.25, 0.3) is 0 Å². The lowest BCUT2D eigenvalue weighted by atomic mass is 9.99. The molecule has 2 heterocycles. The zero-order valence-electron chi connectivity index (χ0n) is 17.5. The number of nitrogens with one attached hydrogen (secondary N) is 1. The fraction of sp³-hybridized carbons (Fsp3) is 0.636. The van der Waals surface area contributed by atoms with Gasteiger partial charge in [-0.3, -0.25) is 19.4 Å². The first-order chi connectivity index (χ1) is 13.4. The Balaban J connectivity index is 1.40. The summed E-state index contributed by atoms with van der Waals surface area (Å²) in [5.41, 5.74) is 3.10. The topological polar surface area (TPSA) is 55.9 Å². The van der Waals surface area contributed by atoms with Crippen molar-refractivity contribution in [1.82, 2.24) is 14.7 Å². The van der Waals surface area contributed by atoms with Crippen molar-refractivity contribution in [2.24, 2.45) is 5.92 Å². The number of anilines is 1. The van der Waals surface area contributed by atoms with Gasteiger partial charge in [-0.25, -0.2) is 0 Å². The minimum Gasteiger partial charge on any atom is -0.342 e. The number of para-hydroxylation sites is 1. The summed E-state index contributed by atoms with van der Waals surface area (Å²) >= 11 is 0. The highest BCUT2D eigenvalue weighted by Crippen LogP contribution is 2.19. The highest BCUT2D eigenvalue weighted by molar-refractivity contribution is 5.93. The summed E-state index contributed by atoms with van der Waals surface area (Å²) in [6.45, 7) is 12.3. The third-order valence-electron chi connectivity index (χ3n) is 6.07. The van der Waals surface area contributed by atoms with E-state index in [1.807, 2.05) is 36.9 Å². The van der Waals surface area contributed by atoms with Gasteiger partial charge in [0.25, 0.3) is 0 Å². The Morgan fingerprint density at radius 3 is 2.04 bits per heavy atom. The Morgan fingerprint density at radius 2 is 1.46 bits per heavy atom. The SMILES string of the molecule is Cc1cccc(C)c1NC(=O)CN1CCN(CC(=O)N2CCC(C)CC2)CC1. The number of likely N-dealkylation sites (tertiary alicyclic amines) is 1. The molecule has 0 atom stereocenters. The molecule has 2 amide bonds. The molecule has 154 valence electrons. The Bertz CT molecular complexity index is 670. The lowest BCUT2D eigenvalue weighted by Crippen LogP contribution is -2.52. The highest BCUT2D eigenvalue weighted by atomic mass is 16.2. The van der Waals surface area contributed by atoms with Crippen LogP contribution in [0.2, 0.25) is 0 Å². The number of hydrogen-bond acceptors (Lipinski definition) is 4. The van der Waals surface area contributed by atoms with Crippen LogP contribution < -0.4 is 5.32 Å². The van der Waals surface area contributed by atoms with Crippen LogP contribution in [0, 0.1) is 19.8 Å². The van der Waals surface area contributed by atoms with Crippen molar-refractivity contribution >= 4 is 17.5 Å². The second kappa shape index (κ2) is 9.52. The molecule has 2 fully saturated rings. The van der Waals surface area contributed by atoms with Crippen LogP contribution in [-0.4, -0.2) is 78.9 Å². The smallest absolute Gasteiger partial charge is 0.238 e. The monoisotopic (exact) mass is 386 g/mol. The molecule has 3 rings (SSSR count). The van der Waals surface area contributed by atoms with Gasteiger partial charge in [-0.15, -0.1) is 0 Å². The van der Waals surface area contributed by atoms with E-state index in [4.69, 9.17) is 0 Å². The third-order valence-corrected chi connectivity index (χ3v) is 6.07. The first-order valence-electron chi connectivity index (χ1n) is 10.5. The molecule has 1 N–H and O–H groups in total. The Hall–Kier alpha value is -1.92. The van der Waals surface area contributed by atoms with Gasteiger partial charge in [0.1, 0.15) is 0 Å². The molecule has 2 aliphatic rings. The van der Waals surface area contributed by atoms with Crippen LogP contribution in [0.4, 0.5) is 5.69 Å². The van der Waals surface area contributed by atoms with Crippen LogP contribution in [0.15, 0.2) is 18.2 Å². The number of hydrogen-bond donors (Lipinski definition) is 1. The number of aryl methyl sites for hydroxylation is 2. The second-order valence-corrected chi connectivity index (χ2v) is 8.43. The van der Waals surface area contributed by atoms with E-state index in [1.165, 1.54) is 0 Å². The number of piperazine rings is 1. The van der Waals surface area contributed by atoms with E-state index >= 15 is 0 Å². The number of amides is 2. The summed E-state index contributed by atoms with van der Waals surface area (Å²) in [6, 6.07) is 6.04. The van der Waals surface area contributed by atoms with Gasteiger partial charge in [0, 0.05) is 45.0 Å². The minimum atomic E-state index is 0.0318. The molecule has 28 heavy (non-hydrogen) atoms. The standard InChI is InChI=1S/C22H34N4O2/c1-17-7-9-26(10-8-17)21(28)16-25-13-11-24(12-14-25)15-20(27)23-22-18(2)5-4-6-19(22)3/h4-6,17H,7-16H2,1-3H3,(H,23,27). The minimum absolute atomic E-state index is 0.0318. The van der Waals surface area contributed by atoms with E-state index in [0.717, 1.165) is 74.8 Å². The molecule has 0 saturated carbocycles. The maximum Gasteiger partial charge on any atom is 0.238 e. The van der Waals surface area contributed by atoms with Crippen molar-refractivity contribution < 1.29 is 9.59 Å². The zero-order chi connectivity index (χ0) is 20.1. The van der Waals surface area contributed by atoms with E-state index in [-0.39, 0.29) is 11.8 Å². The molecule has 0 unspecified atom stereocenters. The van der Waals surface area contributed by atoms with Crippen molar-refractivity contribution in [1.29, 1.82) is 0 Å². The molecular formula is C22H34N4O2. The summed E-state index contributed by atoms with van der Waals surface area (Å²) in [4.78, 5) is 31.4. The molecule has 0 bridgehead atoms. The van der Waals surface area contributed by atoms with E-state index in [9.17, 15) is 9.59 Å². The van der Waals surface area contributed by atoms with E-state index in [1.54, 1.807) is 0 Å². The fourth-order valence-electron chi connectivity index (χ4n) is 4.05. The quantitative estimate of drug-likeness (QED) is 0.842. The summed E-state index contributed by atoms with van der Waals surface area (Å²) in [6.07, 6.45) is 2.24. The summed E-state index contributed by atoms with van der Waals surface area (Å²) in [5.74, 6) is 1.03. The maximum atomic E-state index is 12.5. The van der Waals surface area contributed by atoms with Gasteiger partial charge < -0.3 is 10.2 Å². The number of carbonyl (C=O) groups excluding carboxylic acids is 2. The predicted molar refractivity (Wildman–Crippen MR) is 112 cm³/mol. The van der Waals surface area contributed by atoms with Crippen LogP contribution in [0.5, 0.6) is 0 Å². The summed E-state index contributed by atoms with van der Waals surface area (Å²) < 4.78 is 0.